The third kappa shape index (κ3) is 6.34. The van der Waals surface area contributed by atoms with Crippen LogP contribution in [0.25, 0.3) is 0 Å². The van der Waals surface area contributed by atoms with Gasteiger partial charge in [-0.1, -0.05) is 12.1 Å². The van der Waals surface area contributed by atoms with Crippen molar-refractivity contribution in [2.45, 2.75) is 46.0 Å². The molecule has 0 bridgehead atoms. The Morgan fingerprint density at radius 2 is 1.74 bits per heavy atom. The van der Waals surface area contributed by atoms with Crippen molar-refractivity contribution in [1.82, 2.24) is 16.0 Å². The first-order valence-corrected chi connectivity index (χ1v) is 10.7. The summed E-state index contributed by atoms with van der Waals surface area (Å²) in [5.41, 5.74) is 2.69. The van der Waals surface area contributed by atoms with Gasteiger partial charge in [0.2, 0.25) is 11.8 Å². The van der Waals surface area contributed by atoms with E-state index in [2.05, 4.69) is 25.9 Å². The van der Waals surface area contributed by atoms with Gasteiger partial charge in [-0.05, 0) is 62.3 Å². The summed E-state index contributed by atoms with van der Waals surface area (Å²) in [6.45, 7) is 4.54. The van der Waals surface area contributed by atoms with Crippen LogP contribution in [0.5, 0.6) is 0 Å². The number of aliphatic imine (C=N–C) groups is 2. The molecular weight excluding hydrogens is 394 g/mol. The Balaban J connectivity index is 1.39. The summed E-state index contributed by atoms with van der Waals surface area (Å²) in [7, 11) is 0. The Morgan fingerprint density at radius 3 is 2.45 bits per heavy atom. The number of carbonyl (C=O) groups excluding carboxylic acids is 3. The van der Waals surface area contributed by atoms with E-state index in [4.69, 9.17) is 0 Å². The van der Waals surface area contributed by atoms with Gasteiger partial charge in [0.05, 0.1) is 0 Å². The lowest BCUT2D eigenvalue weighted by Crippen LogP contribution is -2.42. The number of nitrogens with zero attached hydrogens (tertiary/aromatic N) is 2. The number of aryl methyl sites for hydroxylation is 1. The van der Waals surface area contributed by atoms with Crippen molar-refractivity contribution in [1.29, 1.82) is 0 Å². The summed E-state index contributed by atoms with van der Waals surface area (Å²) in [6.07, 6.45) is 5.95. The van der Waals surface area contributed by atoms with Crippen molar-refractivity contribution in [3.8, 4) is 0 Å². The highest BCUT2D eigenvalue weighted by Gasteiger charge is 2.34. The molecule has 8 nitrogen and oxygen atoms in total. The predicted octanol–water partition coefficient (Wildman–Crippen LogP) is 2.12. The fourth-order valence-corrected chi connectivity index (χ4v) is 3.61. The summed E-state index contributed by atoms with van der Waals surface area (Å²) in [4.78, 5) is 43.9. The van der Waals surface area contributed by atoms with Gasteiger partial charge in [0.1, 0.15) is 17.6 Å². The number of amides is 3. The molecule has 0 saturated carbocycles. The number of carbonyl (C=O) groups is 3. The lowest BCUT2D eigenvalue weighted by atomic mass is 9.92. The molecule has 0 aromatic heterocycles. The number of benzene rings is 1. The molecular formula is C23H29N5O3. The second-order valence-corrected chi connectivity index (χ2v) is 7.81. The molecule has 2 aliphatic heterocycles. The van der Waals surface area contributed by atoms with E-state index in [0.717, 1.165) is 36.8 Å². The van der Waals surface area contributed by atoms with Gasteiger partial charge in [-0.25, -0.2) is 9.98 Å². The molecule has 0 fully saturated rings. The molecule has 1 aromatic carbocycles. The fourth-order valence-electron chi connectivity index (χ4n) is 3.61. The Bertz CT molecular complexity index is 931. The topological polar surface area (TPSA) is 112 Å². The molecule has 31 heavy (non-hydrogen) atoms. The van der Waals surface area contributed by atoms with Crippen LogP contribution in [0.4, 0.5) is 0 Å². The van der Waals surface area contributed by atoms with E-state index in [1.54, 1.807) is 13.1 Å². The smallest absolute Gasteiger partial charge is 0.251 e. The van der Waals surface area contributed by atoms with Crippen LogP contribution in [-0.4, -0.2) is 42.5 Å². The van der Waals surface area contributed by atoms with Crippen molar-refractivity contribution < 1.29 is 14.4 Å². The van der Waals surface area contributed by atoms with Gasteiger partial charge in [-0.2, -0.15) is 0 Å². The first-order chi connectivity index (χ1) is 14.9. The van der Waals surface area contributed by atoms with Crippen LogP contribution in [0.15, 0.2) is 46.0 Å². The highest BCUT2D eigenvalue weighted by Crippen LogP contribution is 2.27. The SMILES string of the molecule is CC(=O)NCCCCCNC(=O)c1ccc(CCC2=CN=C3N=C(C)NC(=O)C23)cc1. The number of hydrogen-bond donors (Lipinski definition) is 3. The zero-order valence-corrected chi connectivity index (χ0v) is 18.0. The molecule has 1 unspecified atom stereocenters. The van der Waals surface area contributed by atoms with Crippen LogP contribution in [-0.2, 0) is 16.0 Å². The molecule has 0 radical (unpaired) electrons. The minimum Gasteiger partial charge on any atom is -0.356 e. The third-order valence-corrected chi connectivity index (χ3v) is 5.27. The largest absolute Gasteiger partial charge is 0.356 e. The van der Waals surface area contributed by atoms with Gasteiger partial charge in [0.15, 0.2) is 0 Å². The molecule has 3 amide bonds. The van der Waals surface area contributed by atoms with E-state index in [9.17, 15) is 14.4 Å². The summed E-state index contributed by atoms with van der Waals surface area (Å²) >= 11 is 0. The Kier molecular flexibility index (Phi) is 7.70. The van der Waals surface area contributed by atoms with Crippen LogP contribution in [0.3, 0.4) is 0 Å². The first-order valence-electron chi connectivity index (χ1n) is 10.7. The summed E-state index contributed by atoms with van der Waals surface area (Å²) in [6, 6.07) is 7.55. The Labute approximate surface area is 182 Å². The summed E-state index contributed by atoms with van der Waals surface area (Å²) in [5.74, 6) is 0.589. The number of rotatable bonds is 10. The fraction of sp³-hybridized carbons (Fsp3) is 0.435. The normalized spacial score (nSPS) is 17.2. The third-order valence-electron chi connectivity index (χ3n) is 5.27. The Hall–Kier alpha value is -3.29. The molecule has 0 spiro atoms. The highest BCUT2D eigenvalue weighted by atomic mass is 16.2. The molecule has 1 atom stereocenters. The zero-order valence-electron chi connectivity index (χ0n) is 18.0. The van der Waals surface area contributed by atoms with Crippen molar-refractivity contribution >= 4 is 29.4 Å². The molecule has 8 heteroatoms. The molecule has 3 rings (SSSR count). The predicted molar refractivity (Wildman–Crippen MR) is 120 cm³/mol. The van der Waals surface area contributed by atoms with E-state index >= 15 is 0 Å². The maximum atomic E-state index is 12.3. The molecule has 0 saturated heterocycles. The number of hydrogen-bond acceptors (Lipinski definition) is 5. The Morgan fingerprint density at radius 1 is 1.03 bits per heavy atom. The monoisotopic (exact) mass is 423 g/mol. The molecule has 2 aliphatic rings. The van der Waals surface area contributed by atoms with Crippen LogP contribution in [0.2, 0.25) is 0 Å². The number of nitrogens with one attached hydrogen (secondary N) is 3. The lowest BCUT2D eigenvalue weighted by Gasteiger charge is -2.19. The minimum absolute atomic E-state index is 0.0152. The van der Waals surface area contributed by atoms with Gasteiger partial charge in [-0.3, -0.25) is 14.4 Å². The highest BCUT2D eigenvalue weighted by molar-refractivity contribution is 6.19. The van der Waals surface area contributed by atoms with Gasteiger partial charge in [-0.15, -0.1) is 0 Å². The summed E-state index contributed by atoms with van der Waals surface area (Å²) < 4.78 is 0. The van der Waals surface area contributed by atoms with E-state index in [0.29, 0.717) is 36.7 Å². The number of fused-ring (bicyclic) bond motifs is 1. The molecule has 164 valence electrons. The van der Waals surface area contributed by atoms with E-state index in [1.165, 1.54) is 6.92 Å². The van der Waals surface area contributed by atoms with Gasteiger partial charge < -0.3 is 16.0 Å². The second kappa shape index (κ2) is 10.7. The number of unbranched alkanes of at least 4 members (excludes halogenated alkanes) is 2. The molecule has 2 heterocycles. The van der Waals surface area contributed by atoms with Gasteiger partial charge in [0, 0.05) is 31.8 Å². The molecule has 0 aliphatic carbocycles. The van der Waals surface area contributed by atoms with E-state index < -0.39 is 0 Å². The van der Waals surface area contributed by atoms with E-state index in [-0.39, 0.29) is 23.6 Å². The summed E-state index contributed by atoms with van der Waals surface area (Å²) in [5, 5.41) is 8.45. The standard InChI is InChI=1S/C23H29N5O3/c1-15-27-21-20(23(31)28-15)19(14-26-21)11-8-17-6-9-18(10-7-17)22(30)25-13-5-3-4-12-24-16(2)29/h6-7,9-10,14,20H,3-5,8,11-13H2,1-2H3,(H,24,29)(H,25,30)(H,26,27,28,31). The van der Waals surface area contributed by atoms with Crippen molar-refractivity contribution in [3.63, 3.8) is 0 Å². The van der Waals surface area contributed by atoms with Crippen molar-refractivity contribution in [3.05, 3.63) is 47.2 Å². The van der Waals surface area contributed by atoms with Crippen molar-refractivity contribution in [2.24, 2.45) is 15.9 Å². The molecule has 3 N–H and O–H groups in total. The minimum atomic E-state index is -0.382. The molecule has 1 aromatic rings. The van der Waals surface area contributed by atoms with Gasteiger partial charge in [0.25, 0.3) is 5.91 Å². The van der Waals surface area contributed by atoms with Crippen molar-refractivity contribution in [2.75, 3.05) is 13.1 Å². The van der Waals surface area contributed by atoms with Gasteiger partial charge >= 0.3 is 0 Å². The second-order valence-electron chi connectivity index (χ2n) is 7.81. The van der Waals surface area contributed by atoms with Crippen LogP contribution < -0.4 is 16.0 Å². The average molecular weight is 424 g/mol. The van der Waals surface area contributed by atoms with Crippen LogP contribution in [0.1, 0.15) is 55.5 Å². The van der Waals surface area contributed by atoms with Crippen LogP contribution >= 0.6 is 0 Å². The van der Waals surface area contributed by atoms with E-state index in [1.807, 2.05) is 24.3 Å². The quantitative estimate of drug-likeness (QED) is 0.501. The number of amidine groups is 2. The maximum Gasteiger partial charge on any atom is 0.251 e. The lowest BCUT2D eigenvalue weighted by molar-refractivity contribution is -0.121. The zero-order chi connectivity index (χ0) is 22.2. The first kappa shape index (κ1) is 22.4. The maximum absolute atomic E-state index is 12.3. The average Bonchev–Trinajstić information content (AvgIpc) is 3.14. The van der Waals surface area contributed by atoms with Crippen LogP contribution in [0, 0.1) is 5.92 Å².